The Labute approximate surface area is 121 Å². The van der Waals surface area contributed by atoms with E-state index in [0.29, 0.717) is 13.0 Å². The first-order valence-corrected chi connectivity index (χ1v) is 7.85. The van der Waals surface area contributed by atoms with Crippen molar-refractivity contribution in [1.29, 1.82) is 0 Å². The number of aliphatic hydroxyl groups is 1. The number of carbonyl (C=O) groups is 1. The van der Waals surface area contributed by atoms with Crippen LogP contribution in [-0.4, -0.2) is 40.4 Å². The number of aliphatic hydroxyl groups excluding tert-OH is 1. The molecule has 0 radical (unpaired) electrons. The molecule has 5 nitrogen and oxygen atoms in total. The van der Waals surface area contributed by atoms with E-state index in [9.17, 15) is 9.90 Å². The van der Waals surface area contributed by atoms with Crippen molar-refractivity contribution >= 4 is 11.6 Å². The molecule has 3 unspecified atom stereocenters. The highest BCUT2D eigenvalue weighted by molar-refractivity contribution is 6.08. The van der Waals surface area contributed by atoms with Crippen molar-refractivity contribution in [2.75, 3.05) is 6.54 Å². The quantitative estimate of drug-likeness (QED) is 0.766. The van der Waals surface area contributed by atoms with Gasteiger partial charge in [-0.25, -0.2) is 5.01 Å². The van der Waals surface area contributed by atoms with Gasteiger partial charge in [0, 0.05) is 0 Å². The lowest BCUT2D eigenvalue weighted by Crippen LogP contribution is -2.43. The highest BCUT2D eigenvalue weighted by atomic mass is 16.3. The molecular weight excluding hydrogens is 254 g/mol. The molecule has 1 amide bonds. The van der Waals surface area contributed by atoms with E-state index < -0.39 is 6.10 Å². The van der Waals surface area contributed by atoms with Crippen LogP contribution in [0, 0.1) is 11.8 Å². The third-order valence-corrected chi connectivity index (χ3v) is 4.41. The van der Waals surface area contributed by atoms with Crippen molar-refractivity contribution in [3.8, 4) is 0 Å². The lowest BCUT2D eigenvalue weighted by Gasteiger charge is -2.28. The summed E-state index contributed by atoms with van der Waals surface area (Å²) in [5.41, 5.74) is 6.56. The third-order valence-electron chi connectivity index (χ3n) is 4.41. The molecular formula is C15H27N3O2. The fourth-order valence-corrected chi connectivity index (χ4v) is 3.28. The number of hydrogen-bond acceptors (Lipinski definition) is 4. The van der Waals surface area contributed by atoms with Crippen LogP contribution >= 0.6 is 0 Å². The van der Waals surface area contributed by atoms with E-state index in [1.54, 1.807) is 5.01 Å². The normalized spacial score (nSPS) is 31.6. The molecule has 0 spiro atoms. The summed E-state index contributed by atoms with van der Waals surface area (Å²) in [7, 11) is 0. The first kappa shape index (κ1) is 15.4. The van der Waals surface area contributed by atoms with Crippen LogP contribution in [-0.2, 0) is 4.79 Å². The lowest BCUT2D eigenvalue weighted by atomic mass is 9.91. The Balaban J connectivity index is 2.20. The van der Waals surface area contributed by atoms with Crippen molar-refractivity contribution < 1.29 is 9.90 Å². The molecule has 114 valence electrons. The maximum Gasteiger partial charge on any atom is 0.251 e. The summed E-state index contributed by atoms with van der Waals surface area (Å²) in [6.45, 7) is 4.61. The second kappa shape index (κ2) is 6.68. The van der Waals surface area contributed by atoms with Crippen LogP contribution < -0.4 is 5.73 Å². The Morgan fingerprint density at radius 2 is 2.05 bits per heavy atom. The lowest BCUT2D eigenvalue weighted by molar-refractivity contribution is -0.136. The summed E-state index contributed by atoms with van der Waals surface area (Å²) in [5.74, 6) is 0.0870. The molecule has 1 saturated carbocycles. The molecule has 3 N–H and O–H groups in total. The van der Waals surface area contributed by atoms with Gasteiger partial charge in [0.1, 0.15) is 0 Å². The minimum atomic E-state index is -0.449. The Hall–Kier alpha value is -0.940. The second-order valence-electron chi connectivity index (χ2n) is 6.27. The van der Waals surface area contributed by atoms with Gasteiger partial charge in [-0.3, -0.25) is 4.79 Å². The van der Waals surface area contributed by atoms with Crippen LogP contribution in [0.1, 0.15) is 52.4 Å². The molecule has 1 aliphatic heterocycles. The number of hydrazone groups is 1. The minimum Gasteiger partial charge on any atom is -0.391 e. The Morgan fingerprint density at radius 3 is 2.70 bits per heavy atom. The molecule has 5 heteroatoms. The molecule has 0 bridgehead atoms. The van der Waals surface area contributed by atoms with Crippen molar-refractivity contribution in [1.82, 2.24) is 5.01 Å². The molecule has 1 fully saturated rings. The van der Waals surface area contributed by atoms with Gasteiger partial charge in [0.05, 0.1) is 23.8 Å². The largest absolute Gasteiger partial charge is 0.391 e. The summed E-state index contributed by atoms with van der Waals surface area (Å²) in [6.07, 6.45) is 5.03. The van der Waals surface area contributed by atoms with Gasteiger partial charge in [-0.2, -0.15) is 5.10 Å². The molecule has 3 atom stereocenters. The van der Waals surface area contributed by atoms with Gasteiger partial charge >= 0.3 is 0 Å². The molecule has 2 rings (SSSR count). The standard InChI is InChI=1S/C15H27N3O2/c1-10(2)14-11(8-9-16)15(20)18(17-14)12-6-4-3-5-7-13(12)19/h10-13,19H,3-9,16H2,1-2H3. The first-order valence-electron chi connectivity index (χ1n) is 7.85. The molecule has 1 heterocycles. The van der Waals surface area contributed by atoms with Crippen molar-refractivity contribution in [2.45, 2.75) is 64.5 Å². The van der Waals surface area contributed by atoms with Crippen LogP contribution in [0.3, 0.4) is 0 Å². The van der Waals surface area contributed by atoms with E-state index in [1.165, 1.54) is 0 Å². The molecule has 1 aliphatic carbocycles. The van der Waals surface area contributed by atoms with E-state index in [0.717, 1.165) is 37.8 Å². The minimum absolute atomic E-state index is 0.0325. The maximum atomic E-state index is 12.6. The van der Waals surface area contributed by atoms with Crippen molar-refractivity contribution in [2.24, 2.45) is 22.7 Å². The van der Waals surface area contributed by atoms with Gasteiger partial charge in [-0.1, -0.05) is 33.1 Å². The predicted molar refractivity (Wildman–Crippen MR) is 79.2 cm³/mol. The topological polar surface area (TPSA) is 78.9 Å². The van der Waals surface area contributed by atoms with Crippen LogP contribution in [0.5, 0.6) is 0 Å². The van der Waals surface area contributed by atoms with Crippen molar-refractivity contribution in [3.05, 3.63) is 0 Å². The molecule has 0 aromatic heterocycles. The average molecular weight is 281 g/mol. The zero-order chi connectivity index (χ0) is 14.7. The maximum absolute atomic E-state index is 12.6. The van der Waals surface area contributed by atoms with E-state index in [2.05, 4.69) is 18.9 Å². The van der Waals surface area contributed by atoms with E-state index in [-0.39, 0.29) is 23.8 Å². The molecule has 2 aliphatic rings. The smallest absolute Gasteiger partial charge is 0.251 e. The fraction of sp³-hybridized carbons (Fsp3) is 0.867. The van der Waals surface area contributed by atoms with Gasteiger partial charge < -0.3 is 10.8 Å². The first-order chi connectivity index (χ1) is 9.56. The van der Waals surface area contributed by atoms with E-state index >= 15 is 0 Å². The molecule has 0 saturated heterocycles. The van der Waals surface area contributed by atoms with Gasteiger partial charge in [0.2, 0.25) is 0 Å². The van der Waals surface area contributed by atoms with Crippen LogP contribution in [0.25, 0.3) is 0 Å². The van der Waals surface area contributed by atoms with Crippen molar-refractivity contribution in [3.63, 3.8) is 0 Å². The fourth-order valence-electron chi connectivity index (χ4n) is 3.28. The van der Waals surface area contributed by atoms with Gasteiger partial charge in [0.25, 0.3) is 5.91 Å². The predicted octanol–water partition coefficient (Wildman–Crippen LogP) is 1.50. The monoisotopic (exact) mass is 281 g/mol. The summed E-state index contributed by atoms with van der Waals surface area (Å²) < 4.78 is 0. The van der Waals surface area contributed by atoms with Gasteiger partial charge in [-0.05, 0) is 31.7 Å². The van der Waals surface area contributed by atoms with Crippen LogP contribution in [0.4, 0.5) is 0 Å². The van der Waals surface area contributed by atoms with Gasteiger partial charge in [0.15, 0.2) is 0 Å². The second-order valence-corrected chi connectivity index (χ2v) is 6.27. The SMILES string of the molecule is CC(C)C1=NN(C2CCCCCC2O)C(=O)C1CCN. The summed E-state index contributed by atoms with van der Waals surface area (Å²) >= 11 is 0. The number of nitrogens with two attached hydrogens (primary N) is 1. The summed E-state index contributed by atoms with van der Waals surface area (Å²) in [6, 6.07) is -0.151. The summed E-state index contributed by atoms with van der Waals surface area (Å²) in [4.78, 5) is 12.6. The Kier molecular flexibility index (Phi) is 5.16. The summed E-state index contributed by atoms with van der Waals surface area (Å²) in [5, 5.41) is 16.4. The number of rotatable bonds is 4. The Bertz CT molecular complexity index is 381. The molecule has 0 aromatic carbocycles. The molecule has 20 heavy (non-hydrogen) atoms. The zero-order valence-electron chi connectivity index (χ0n) is 12.6. The number of nitrogens with zero attached hydrogens (tertiary/aromatic N) is 2. The van der Waals surface area contributed by atoms with E-state index in [4.69, 9.17) is 5.73 Å². The van der Waals surface area contributed by atoms with E-state index in [1.807, 2.05) is 0 Å². The third kappa shape index (κ3) is 3.04. The number of amides is 1. The zero-order valence-corrected chi connectivity index (χ0v) is 12.6. The Morgan fingerprint density at radius 1 is 1.35 bits per heavy atom. The number of carbonyl (C=O) groups excluding carboxylic acids is 1. The van der Waals surface area contributed by atoms with Gasteiger partial charge in [-0.15, -0.1) is 0 Å². The number of hydrogen-bond donors (Lipinski definition) is 2. The highest BCUT2D eigenvalue weighted by Gasteiger charge is 2.41. The van der Waals surface area contributed by atoms with Crippen LogP contribution in [0.15, 0.2) is 5.10 Å². The van der Waals surface area contributed by atoms with Crippen LogP contribution in [0.2, 0.25) is 0 Å². The highest BCUT2D eigenvalue weighted by Crippen LogP contribution is 2.30. The molecule has 0 aromatic rings. The average Bonchev–Trinajstić information content (AvgIpc) is 2.59.